The SMILES string of the molecule is CCCC(C(=O)O)n1c(N)c(N=O)c(=O)[nH]c1=O. The number of aliphatic carboxylic acids is 1. The van der Waals surface area contributed by atoms with Crippen molar-refractivity contribution in [3.63, 3.8) is 0 Å². The first-order valence-electron chi connectivity index (χ1n) is 5.14. The number of anilines is 1. The summed E-state index contributed by atoms with van der Waals surface area (Å²) >= 11 is 0. The minimum absolute atomic E-state index is 0.129. The lowest BCUT2D eigenvalue weighted by atomic mass is 10.1. The van der Waals surface area contributed by atoms with Crippen LogP contribution in [0.1, 0.15) is 25.8 Å². The maximum Gasteiger partial charge on any atom is 0.330 e. The van der Waals surface area contributed by atoms with E-state index in [4.69, 9.17) is 10.8 Å². The third-order valence-corrected chi connectivity index (χ3v) is 2.41. The lowest BCUT2D eigenvalue weighted by Crippen LogP contribution is -2.37. The number of hydrogen-bond acceptors (Lipinski definition) is 6. The average molecular weight is 256 g/mol. The first-order valence-corrected chi connectivity index (χ1v) is 5.14. The molecule has 1 aromatic heterocycles. The van der Waals surface area contributed by atoms with Gasteiger partial charge in [-0.2, -0.15) is 0 Å². The van der Waals surface area contributed by atoms with Gasteiger partial charge in [0.1, 0.15) is 11.9 Å². The molecule has 0 amide bonds. The van der Waals surface area contributed by atoms with Crippen molar-refractivity contribution in [3.05, 3.63) is 25.7 Å². The van der Waals surface area contributed by atoms with Crippen LogP contribution in [0.5, 0.6) is 0 Å². The number of hydrogen-bond donors (Lipinski definition) is 3. The number of nitrogens with one attached hydrogen (secondary N) is 1. The van der Waals surface area contributed by atoms with Crippen LogP contribution in [0.4, 0.5) is 11.5 Å². The van der Waals surface area contributed by atoms with Gasteiger partial charge in [-0.3, -0.25) is 14.3 Å². The minimum atomic E-state index is -1.28. The predicted octanol–water partition coefficient (Wildman–Crippen LogP) is -0.0575. The molecule has 0 saturated carbocycles. The van der Waals surface area contributed by atoms with Crippen molar-refractivity contribution < 1.29 is 9.90 Å². The molecule has 0 aromatic carbocycles. The number of H-pyrrole nitrogens is 1. The number of carboxylic acids is 1. The lowest BCUT2D eigenvalue weighted by molar-refractivity contribution is -0.141. The Hall–Kier alpha value is -2.45. The van der Waals surface area contributed by atoms with Crippen molar-refractivity contribution >= 4 is 17.5 Å². The summed E-state index contributed by atoms with van der Waals surface area (Å²) in [5, 5.41) is 11.4. The van der Waals surface area contributed by atoms with Crippen molar-refractivity contribution in [3.8, 4) is 0 Å². The van der Waals surface area contributed by atoms with Crippen molar-refractivity contribution in [2.45, 2.75) is 25.8 Å². The monoisotopic (exact) mass is 256 g/mol. The molecule has 0 aliphatic carbocycles. The van der Waals surface area contributed by atoms with Gasteiger partial charge in [0.05, 0.1) is 0 Å². The van der Waals surface area contributed by atoms with E-state index in [0.29, 0.717) is 11.0 Å². The highest BCUT2D eigenvalue weighted by Crippen LogP contribution is 2.20. The molecule has 1 unspecified atom stereocenters. The molecule has 1 aromatic rings. The summed E-state index contributed by atoms with van der Waals surface area (Å²) in [7, 11) is 0. The molecule has 1 atom stereocenters. The number of nitrogens with two attached hydrogens (primary N) is 1. The number of nitroso groups, excluding NO2 is 1. The molecule has 18 heavy (non-hydrogen) atoms. The number of aromatic amines is 1. The standard InChI is InChI=1S/C9H12N4O5/c1-2-3-4(8(15)16)13-6(10)5(12-18)7(14)11-9(13)17/h4H,2-3,10H2,1H3,(H,15,16)(H,11,14,17). The van der Waals surface area contributed by atoms with E-state index in [0.717, 1.165) is 0 Å². The molecule has 4 N–H and O–H groups in total. The van der Waals surface area contributed by atoms with E-state index in [1.807, 2.05) is 4.98 Å². The third-order valence-electron chi connectivity index (χ3n) is 2.41. The first-order chi connectivity index (χ1) is 8.43. The van der Waals surface area contributed by atoms with Crippen LogP contribution in [-0.2, 0) is 4.79 Å². The maximum absolute atomic E-state index is 11.6. The molecule has 1 rings (SSSR count). The fraction of sp³-hybridized carbons (Fsp3) is 0.444. The van der Waals surface area contributed by atoms with E-state index < -0.39 is 34.8 Å². The van der Waals surface area contributed by atoms with Crippen molar-refractivity contribution in [2.24, 2.45) is 5.18 Å². The number of nitrogens with zero attached hydrogens (tertiary/aromatic N) is 2. The molecule has 0 radical (unpaired) electrons. The van der Waals surface area contributed by atoms with E-state index in [-0.39, 0.29) is 6.42 Å². The fourth-order valence-electron chi connectivity index (χ4n) is 1.59. The number of carboxylic acid groups (broad SMARTS) is 1. The molecule has 0 aliphatic heterocycles. The smallest absolute Gasteiger partial charge is 0.330 e. The molecule has 0 saturated heterocycles. The van der Waals surface area contributed by atoms with Gasteiger partial charge in [-0.05, 0) is 11.6 Å². The van der Waals surface area contributed by atoms with Gasteiger partial charge >= 0.3 is 11.7 Å². The molecule has 98 valence electrons. The van der Waals surface area contributed by atoms with Crippen LogP contribution >= 0.6 is 0 Å². The summed E-state index contributed by atoms with van der Waals surface area (Å²) in [6.07, 6.45) is 0.607. The Morgan fingerprint density at radius 2 is 2.17 bits per heavy atom. The van der Waals surface area contributed by atoms with E-state index in [1.54, 1.807) is 6.92 Å². The van der Waals surface area contributed by atoms with Crippen molar-refractivity contribution in [2.75, 3.05) is 5.73 Å². The van der Waals surface area contributed by atoms with Crippen molar-refractivity contribution in [1.29, 1.82) is 0 Å². The fourth-order valence-corrected chi connectivity index (χ4v) is 1.59. The molecule has 9 nitrogen and oxygen atoms in total. The number of rotatable bonds is 5. The first kappa shape index (κ1) is 13.6. The average Bonchev–Trinajstić information content (AvgIpc) is 2.27. The summed E-state index contributed by atoms with van der Waals surface area (Å²) in [6, 6.07) is -1.25. The third kappa shape index (κ3) is 2.29. The molecule has 9 heteroatoms. The largest absolute Gasteiger partial charge is 0.480 e. The number of aromatic nitrogens is 2. The van der Waals surface area contributed by atoms with Crippen LogP contribution in [0, 0.1) is 4.91 Å². The number of nitrogen functional groups attached to an aromatic ring is 1. The van der Waals surface area contributed by atoms with E-state index >= 15 is 0 Å². The molecule has 0 spiro atoms. The van der Waals surface area contributed by atoms with Crippen LogP contribution in [0.2, 0.25) is 0 Å². The zero-order chi connectivity index (χ0) is 13.9. The number of carbonyl (C=O) groups is 1. The Kier molecular flexibility index (Phi) is 3.97. The predicted molar refractivity (Wildman–Crippen MR) is 62.8 cm³/mol. The van der Waals surface area contributed by atoms with E-state index in [2.05, 4.69) is 5.18 Å². The van der Waals surface area contributed by atoms with Gasteiger partial charge in [0.25, 0.3) is 5.56 Å². The van der Waals surface area contributed by atoms with Gasteiger partial charge in [-0.25, -0.2) is 9.59 Å². The summed E-state index contributed by atoms with van der Waals surface area (Å²) in [5.74, 6) is -1.82. The minimum Gasteiger partial charge on any atom is -0.480 e. The summed E-state index contributed by atoms with van der Waals surface area (Å²) < 4.78 is 0.657. The molecule has 0 bridgehead atoms. The molecule has 1 heterocycles. The normalized spacial score (nSPS) is 12.1. The summed E-state index contributed by atoms with van der Waals surface area (Å²) in [6.45, 7) is 1.72. The Bertz CT molecular complexity index is 588. The van der Waals surface area contributed by atoms with E-state index in [1.165, 1.54) is 0 Å². The second-order valence-corrected chi connectivity index (χ2v) is 3.60. The van der Waals surface area contributed by atoms with Crippen LogP contribution in [0.25, 0.3) is 0 Å². The van der Waals surface area contributed by atoms with E-state index in [9.17, 15) is 19.3 Å². The van der Waals surface area contributed by atoms with Gasteiger partial charge in [0, 0.05) is 0 Å². The second-order valence-electron chi connectivity index (χ2n) is 3.60. The van der Waals surface area contributed by atoms with Crippen LogP contribution in [0.3, 0.4) is 0 Å². The Balaban J connectivity index is 3.57. The molecule has 0 fully saturated rings. The Morgan fingerprint density at radius 3 is 2.61 bits per heavy atom. The topological polar surface area (TPSA) is 148 Å². The van der Waals surface area contributed by atoms with Crippen LogP contribution in [-0.4, -0.2) is 20.6 Å². The van der Waals surface area contributed by atoms with Gasteiger partial charge in [0.2, 0.25) is 5.69 Å². The summed E-state index contributed by atoms with van der Waals surface area (Å²) in [5.41, 5.74) is 2.73. The highest BCUT2D eigenvalue weighted by atomic mass is 16.4. The highest BCUT2D eigenvalue weighted by molar-refractivity contribution is 5.73. The van der Waals surface area contributed by atoms with Crippen LogP contribution < -0.4 is 17.0 Å². The highest BCUT2D eigenvalue weighted by Gasteiger charge is 2.25. The van der Waals surface area contributed by atoms with Gasteiger partial charge in [-0.15, -0.1) is 4.91 Å². The zero-order valence-electron chi connectivity index (χ0n) is 9.54. The van der Waals surface area contributed by atoms with Crippen molar-refractivity contribution in [1.82, 2.24) is 9.55 Å². The molecular formula is C9H12N4O5. The van der Waals surface area contributed by atoms with Gasteiger partial charge < -0.3 is 10.8 Å². The Labute approximate surface area is 100 Å². The quantitative estimate of drug-likeness (QED) is 0.628. The summed E-state index contributed by atoms with van der Waals surface area (Å²) in [4.78, 5) is 46.1. The van der Waals surface area contributed by atoms with Gasteiger partial charge in [-0.1, -0.05) is 13.3 Å². The second kappa shape index (κ2) is 5.25. The maximum atomic E-state index is 11.6. The van der Waals surface area contributed by atoms with Gasteiger partial charge in [0.15, 0.2) is 0 Å². The molecule has 0 aliphatic rings. The lowest BCUT2D eigenvalue weighted by Gasteiger charge is -2.16. The Morgan fingerprint density at radius 1 is 1.56 bits per heavy atom. The zero-order valence-corrected chi connectivity index (χ0v) is 9.54. The van der Waals surface area contributed by atoms with Crippen LogP contribution in [0.15, 0.2) is 14.8 Å². The molecular weight excluding hydrogens is 244 g/mol.